The molecule has 5 heteroatoms. The van der Waals surface area contributed by atoms with E-state index < -0.39 is 12.1 Å². The summed E-state index contributed by atoms with van der Waals surface area (Å²) >= 11 is 0. The standard InChI is InChI=1S/C16H24N2O3/c1-3-4-5-6-10-13-20-14(2)16(19)21-18-17-15-11-8-7-9-12-15/h7-9,11-12,14H,3-6,10,13H2,1-2H3. The summed E-state index contributed by atoms with van der Waals surface area (Å²) in [7, 11) is 0. The number of ether oxygens (including phenoxy) is 1. The number of unbranched alkanes of at least 4 members (excludes halogenated alkanes) is 4. The first-order valence-corrected chi connectivity index (χ1v) is 7.52. The second kappa shape index (κ2) is 11.0. The highest BCUT2D eigenvalue weighted by molar-refractivity contribution is 5.73. The van der Waals surface area contributed by atoms with Crippen LogP contribution in [0.15, 0.2) is 40.7 Å². The molecule has 1 aromatic carbocycles. The zero-order valence-electron chi connectivity index (χ0n) is 12.8. The van der Waals surface area contributed by atoms with Gasteiger partial charge in [-0.15, -0.1) is 5.11 Å². The van der Waals surface area contributed by atoms with Gasteiger partial charge in [-0.25, -0.2) is 4.79 Å². The lowest BCUT2D eigenvalue weighted by molar-refractivity contribution is -0.157. The number of nitrogens with zero attached hydrogens (tertiary/aromatic N) is 2. The summed E-state index contributed by atoms with van der Waals surface area (Å²) < 4.78 is 5.41. The molecule has 0 saturated carbocycles. The second-order valence-corrected chi connectivity index (χ2v) is 4.85. The van der Waals surface area contributed by atoms with Gasteiger partial charge < -0.3 is 4.74 Å². The Kier molecular flexibility index (Phi) is 9.04. The number of carbonyl (C=O) groups is 1. The molecule has 1 atom stereocenters. The fourth-order valence-corrected chi connectivity index (χ4v) is 1.71. The molecule has 0 spiro atoms. The Bertz CT molecular complexity index is 421. The van der Waals surface area contributed by atoms with Crippen molar-refractivity contribution in [1.82, 2.24) is 0 Å². The summed E-state index contributed by atoms with van der Waals surface area (Å²) in [5.41, 5.74) is 0.634. The van der Waals surface area contributed by atoms with E-state index in [0.717, 1.165) is 12.8 Å². The zero-order chi connectivity index (χ0) is 15.3. The van der Waals surface area contributed by atoms with Crippen molar-refractivity contribution in [3.05, 3.63) is 30.3 Å². The summed E-state index contributed by atoms with van der Waals surface area (Å²) in [4.78, 5) is 16.3. The van der Waals surface area contributed by atoms with Crippen LogP contribution < -0.4 is 0 Å². The fraction of sp³-hybridized carbons (Fsp3) is 0.562. The maximum absolute atomic E-state index is 11.6. The molecule has 21 heavy (non-hydrogen) atoms. The van der Waals surface area contributed by atoms with Gasteiger partial charge in [-0.1, -0.05) is 50.8 Å². The Morgan fingerprint density at radius 2 is 1.86 bits per heavy atom. The van der Waals surface area contributed by atoms with E-state index >= 15 is 0 Å². The molecule has 0 heterocycles. The smallest absolute Gasteiger partial charge is 0.365 e. The van der Waals surface area contributed by atoms with Gasteiger partial charge in [0.1, 0.15) is 0 Å². The average Bonchev–Trinajstić information content (AvgIpc) is 2.51. The topological polar surface area (TPSA) is 60.2 Å². The minimum atomic E-state index is -0.620. The lowest BCUT2D eigenvalue weighted by Crippen LogP contribution is -2.22. The molecule has 0 fully saturated rings. The molecule has 116 valence electrons. The third kappa shape index (κ3) is 8.19. The molecule has 0 aliphatic rings. The molecule has 0 aliphatic heterocycles. The second-order valence-electron chi connectivity index (χ2n) is 4.85. The van der Waals surface area contributed by atoms with Crippen LogP contribution >= 0.6 is 0 Å². The maximum atomic E-state index is 11.6. The van der Waals surface area contributed by atoms with E-state index in [9.17, 15) is 4.79 Å². The van der Waals surface area contributed by atoms with Crippen LogP contribution in [0.25, 0.3) is 0 Å². The van der Waals surface area contributed by atoms with Crippen molar-refractivity contribution in [3.8, 4) is 0 Å². The maximum Gasteiger partial charge on any atom is 0.365 e. The number of hydrogen-bond acceptors (Lipinski definition) is 5. The number of carbonyl (C=O) groups excluding carboxylic acids is 1. The van der Waals surface area contributed by atoms with Crippen molar-refractivity contribution in [2.24, 2.45) is 10.4 Å². The molecular formula is C16H24N2O3. The van der Waals surface area contributed by atoms with Crippen molar-refractivity contribution < 1.29 is 14.4 Å². The summed E-state index contributed by atoms with van der Waals surface area (Å²) in [5, 5.41) is 7.21. The molecule has 5 nitrogen and oxygen atoms in total. The monoisotopic (exact) mass is 292 g/mol. The minimum absolute atomic E-state index is 0.525. The molecular weight excluding hydrogens is 268 g/mol. The zero-order valence-corrected chi connectivity index (χ0v) is 12.8. The van der Waals surface area contributed by atoms with Crippen LogP contribution in [-0.2, 0) is 14.4 Å². The van der Waals surface area contributed by atoms with Gasteiger partial charge in [0.05, 0.1) is 5.69 Å². The number of hydrogen-bond donors (Lipinski definition) is 0. The van der Waals surface area contributed by atoms with Crippen LogP contribution in [0.1, 0.15) is 46.0 Å². The number of rotatable bonds is 10. The van der Waals surface area contributed by atoms with Crippen LogP contribution in [-0.4, -0.2) is 18.7 Å². The molecule has 0 aromatic heterocycles. The first kappa shape index (κ1) is 17.3. The Morgan fingerprint density at radius 3 is 2.57 bits per heavy atom. The van der Waals surface area contributed by atoms with Crippen molar-refractivity contribution >= 4 is 11.7 Å². The Balaban J connectivity index is 2.15. The number of benzene rings is 1. The van der Waals surface area contributed by atoms with Crippen molar-refractivity contribution in [1.29, 1.82) is 0 Å². The highest BCUT2D eigenvalue weighted by atomic mass is 16.7. The van der Waals surface area contributed by atoms with Crippen molar-refractivity contribution in [3.63, 3.8) is 0 Å². The van der Waals surface area contributed by atoms with Crippen LogP contribution in [0.4, 0.5) is 5.69 Å². The molecule has 0 bridgehead atoms. The molecule has 0 aliphatic carbocycles. The van der Waals surface area contributed by atoms with Gasteiger partial charge in [0.15, 0.2) is 6.10 Å². The average molecular weight is 292 g/mol. The third-order valence-corrected chi connectivity index (χ3v) is 2.99. The van der Waals surface area contributed by atoms with Crippen LogP contribution in [0, 0.1) is 0 Å². The van der Waals surface area contributed by atoms with E-state index in [1.54, 1.807) is 19.1 Å². The van der Waals surface area contributed by atoms with Crippen LogP contribution in [0.2, 0.25) is 0 Å². The van der Waals surface area contributed by atoms with Gasteiger partial charge in [0, 0.05) is 11.9 Å². The lowest BCUT2D eigenvalue weighted by Gasteiger charge is -2.09. The molecule has 0 radical (unpaired) electrons. The quantitative estimate of drug-likeness (QED) is 0.359. The first-order chi connectivity index (χ1) is 10.2. The normalized spacial score (nSPS) is 12.5. The van der Waals surface area contributed by atoms with Crippen molar-refractivity contribution in [2.45, 2.75) is 52.1 Å². The Hall–Kier alpha value is -1.75. The Morgan fingerprint density at radius 1 is 1.14 bits per heavy atom. The molecule has 0 saturated heterocycles. The van der Waals surface area contributed by atoms with Gasteiger partial charge in [0.2, 0.25) is 0 Å². The molecule has 0 amide bonds. The molecule has 1 aromatic rings. The van der Waals surface area contributed by atoms with Gasteiger partial charge in [-0.05, 0) is 25.5 Å². The highest BCUT2D eigenvalue weighted by Gasteiger charge is 2.15. The summed E-state index contributed by atoms with van der Waals surface area (Å²) in [6, 6.07) is 9.09. The van der Waals surface area contributed by atoms with Crippen LogP contribution in [0.5, 0.6) is 0 Å². The SMILES string of the molecule is CCCCCCCOC(C)C(=O)ON=Nc1ccccc1. The van der Waals surface area contributed by atoms with Gasteiger partial charge in [-0.3, -0.25) is 4.84 Å². The highest BCUT2D eigenvalue weighted by Crippen LogP contribution is 2.10. The van der Waals surface area contributed by atoms with E-state index in [1.807, 2.05) is 18.2 Å². The lowest BCUT2D eigenvalue weighted by atomic mass is 10.2. The van der Waals surface area contributed by atoms with E-state index in [-0.39, 0.29) is 0 Å². The summed E-state index contributed by atoms with van der Waals surface area (Å²) in [6.45, 7) is 4.40. The molecule has 0 N–H and O–H groups in total. The summed E-state index contributed by atoms with van der Waals surface area (Å²) in [5.74, 6) is -0.525. The first-order valence-electron chi connectivity index (χ1n) is 7.52. The molecule has 1 unspecified atom stereocenters. The predicted octanol–water partition coefficient (Wildman–Crippen LogP) is 4.60. The van der Waals surface area contributed by atoms with Crippen molar-refractivity contribution in [2.75, 3.05) is 6.61 Å². The van der Waals surface area contributed by atoms with E-state index in [1.165, 1.54) is 19.3 Å². The third-order valence-electron chi connectivity index (χ3n) is 2.99. The van der Waals surface area contributed by atoms with E-state index in [4.69, 9.17) is 9.57 Å². The summed E-state index contributed by atoms with van der Waals surface area (Å²) in [6.07, 6.45) is 5.15. The minimum Gasteiger partial charge on any atom is -0.367 e. The fourth-order valence-electron chi connectivity index (χ4n) is 1.71. The van der Waals surface area contributed by atoms with Gasteiger partial charge in [-0.2, -0.15) is 0 Å². The Labute approximate surface area is 126 Å². The van der Waals surface area contributed by atoms with E-state index in [0.29, 0.717) is 12.3 Å². The predicted molar refractivity (Wildman–Crippen MR) is 81.2 cm³/mol. The van der Waals surface area contributed by atoms with Gasteiger partial charge >= 0.3 is 5.97 Å². The van der Waals surface area contributed by atoms with E-state index in [2.05, 4.69) is 17.3 Å². The van der Waals surface area contributed by atoms with Crippen LogP contribution in [0.3, 0.4) is 0 Å². The largest absolute Gasteiger partial charge is 0.367 e. The van der Waals surface area contributed by atoms with Gasteiger partial charge in [0.25, 0.3) is 0 Å². The molecule has 1 rings (SSSR count).